The topological polar surface area (TPSA) is 152 Å². The number of fused-ring (bicyclic) bond motifs is 1. The van der Waals surface area contributed by atoms with E-state index in [1.165, 1.54) is 0 Å². The lowest BCUT2D eigenvalue weighted by Crippen LogP contribution is -2.31. The third-order valence-corrected chi connectivity index (χ3v) is 2.63. The fourth-order valence-electron chi connectivity index (χ4n) is 1.66. The lowest BCUT2D eigenvalue weighted by molar-refractivity contribution is 1.26. The second-order valence-corrected chi connectivity index (χ2v) is 3.57. The summed E-state index contributed by atoms with van der Waals surface area (Å²) in [5.74, 6) is 0. The van der Waals surface area contributed by atoms with Gasteiger partial charge >= 0.3 is 0 Å². The Morgan fingerprint density at radius 3 is 2.00 bits per heavy atom. The SMILES string of the molecule is N=C1C(N)=C(N)C(=N)c2c1ccc(N)c2N. The molecule has 0 fully saturated rings. The average Bonchev–Trinajstić information content (AvgIpc) is 2.27. The number of nitrogens with one attached hydrogen (secondary N) is 2. The van der Waals surface area contributed by atoms with Gasteiger partial charge < -0.3 is 22.9 Å². The number of anilines is 2. The highest BCUT2D eigenvalue weighted by atomic mass is 14.8. The van der Waals surface area contributed by atoms with E-state index in [4.69, 9.17) is 33.8 Å². The predicted octanol–water partition coefficient (Wildman–Crippen LogP) is -0.271. The van der Waals surface area contributed by atoms with E-state index in [2.05, 4.69) is 0 Å². The van der Waals surface area contributed by atoms with E-state index in [0.29, 0.717) is 16.8 Å². The molecule has 82 valence electrons. The van der Waals surface area contributed by atoms with Gasteiger partial charge in [0.25, 0.3) is 0 Å². The Morgan fingerprint density at radius 1 is 0.812 bits per heavy atom. The van der Waals surface area contributed by atoms with Crippen LogP contribution in [0.4, 0.5) is 11.4 Å². The van der Waals surface area contributed by atoms with E-state index in [1.807, 2.05) is 0 Å². The maximum atomic E-state index is 7.84. The Morgan fingerprint density at radius 2 is 1.38 bits per heavy atom. The lowest BCUT2D eigenvalue weighted by atomic mass is 9.88. The number of hydrogen-bond donors (Lipinski definition) is 6. The van der Waals surface area contributed by atoms with Crippen molar-refractivity contribution < 1.29 is 0 Å². The highest BCUT2D eigenvalue weighted by Gasteiger charge is 2.26. The number of benzene rings is 1. The zero-order valence-electron chi connectivity index (χ0n) is 8.46. The van der Waals surface area contributed by atoms with Crippen LogP contribution in [0.25, 0.3) is 0 Å². The van der Waals surface area contributed by atoms with E-state index in [0.717, 1.165) is 0 Å². The van der Waals surface area contributed by atoms with Crippen LogP contribution in [-0.4, -0.2) is 11.4 Å². The zero-order valence-corrected chi connectivity index (χ0v) is 8.46. The van der Waals surface area contributed by atoms with Crippen LogP contribution in [0.15, 0.2) is 23.5 Å². The molecule has 6 heteroatoms. The maximum absolute atomic E-state index is 7.84. The summed E-state index contributed by atoms with van der Waals surface area (Å²) in [6, 6.07) is 3.21. The number of hydrogen-bond acceptors (Lipinski definition) is 6. The molecule has 0 amide bonds. The van der Waals surface area contributed by atoms with Gasteiger partial charge in [0.05, 0.1) is 34.2 Å². The van der Waals surface area contributed by atoms with Gasteiger partial charge in [-0.3, -0.25) is 10.8 Å². The molecule has 0 spiro atoms. The second kappa shape index (κ2) is 2.99. The Balaban J connectivity index is 2.82. The number of nitrogens with two attached hydrogens (primary N) is 4. The van der Waals surface area contributed by atoms with Crippen molar-refractivity contribution in [2.45, 2.75) is 0 Å². The molecule has 1 aliphatic rings. The smallest absolute Gasteiger partial charge is 0.0891 e. The molecule has 0 aliphatic heterocycles. The molecule has 0 saturated carbocycles. The van der Waals surface area contributed by atoms with Crippen LogP contribution in [0.2, 0.25) is 0 Å². The molecule has 10 N–H and O–H groups in total. The van der Waals surface area contributed by atoms with Crippen LogP contribution in [0.1, 0.15) is 11.1 Å². The summed E-state index contributed by atoms with van der Waals surface area (Å²) in [6.45, 7) is 0. The maximum Gasteiger partial charge on any atom is 0.0891 e. The van der Waals surface area contributed by atoms with Crippen LogP contribution in [0.3, 0.4) is 0 Å². The van der Waals surface area contributed by atoms with Gasteiger partial charge in [0.1, 0.15) is 0 Å². The summed E-state index contributed by atoms with van der Waals surface area (Å²) in [4.78, 5) is 0. The van der Waals surface area contributed by atoms with Crippen LogP contribution in [0, 0.1) is 10.8 Å². The highest BCUT2D eigenvalue weighted by Crippen LogP contribution is 2.30. The molecule has 0 atom stereocenters. The summed E-state index contributed by atoms with van der Waals surface area (Å²) in [5, 5.41) is 15.6. The first-order valence-corrected chi connectivity index (χ1v) is 4.57. The van der Waals surface area contributed by atoms with Crippen LogP contribution in [0.5, 0.6) is 0 Å². The molecule has 0 unspecified atom stereocenters. The van der Waals surface area contributed by atoms with Gasteiger partial charge in [0, 0.05) is 11.1 Å². The molecule has 1 aliphatic carbocycles. The van der Waals surface area contributed by atoms with Crippen molar-refractivity contribution in [3.05, 3.63) is 34.7 Å². The number of nitrogen functional groups attached to an aromatic ring is 2. The lowest BCUT2D eigenvalue weighted by Gasteiger charge is -2.22. The fourth-order valence-corrected chi connectivity index (χ4v) is 1.66. The van der Waals surface area contributed by atoms with Crippen molar-refractivity contribution in [3.63, 3.8) is 0 Å². The third-order valence-electron chi connectivity index (χ3n) is 2.63. The minimum atomic E-state index is 0.0216. The molecule has 2 rings (SSSR count). The largest absolute Gasteiger partial charge is 0.397 e. The van der Waals surface area contributed by atoms with Gasteiger partial charge in [-0.2, -0.15) is 0 Å². The van der Waals surface area contributed by atoms with E-state index in [-0.39, 0.29) is 28.5 Å². The Bertz CT molecular complexity index is 555. The van der Waals surface area contributed by atoms with Crippen molar-refractivity contribution in [3.8, 4) is 0 Å². The summed E-state index contributed by atoms with van der Waals surface area (Å²) in [5.41, 5.74) is 24.5. The molecule has 0 heterocycles. The number of allylic oxidation sites excluding steroid dienone is 2. The minimum absolute atomic E-state index is 0.0216. The Hall–Kier alpha value is -2.50. The molecule has 16 heavy (non-hydrogen) atoms. The van der Waals surface area contributed by atoms with Crippen molar-refractivity contribution >= 4 is 22.8 Å². The Labute approximate surface area is 91.9 Å². The second-order valence-electron chi connectivity index (χ2n) is 3.57. The monoisotopic (exact) mass is 216 g/mol. The Kier molecular flexibility index (Phi) is 1.88. The van der Waals surface area contributed by atoms with E-state index in [9.17, 15) is 0 Å². The molecule has 1 aromatic rings. The van der Waals surface area contributed by atoms with Crippen molar-refractivity contribution in [2.75, 3.05) is 11.5 Å². The quantitative estimate of drug-likeness (QED) is 0.330. The van der Waals surface area contributed by atoms with Crippen LogP contribution in [-0.2, 0) is 0 Å². The van der Waals surface area contributed by atoms with Gasteiger partial charge in [0.15, 0.2) is 0 Å². The van der Waals surface area contributed by atoms with Crippen LogP contribution >= 0.6 is 0 Å². The fraction of sp³-hybridized carbons (Fsp3) is 0. The zero-order chi connectivity index (χ0) is 12.0. The van der Waals surface area contributed by atoms with Crippen molar-refractivity contribution in [1.82, 2.24) is 0 Å². The van der Waals surface area contributed by atoms with Gasteiger partial charge in [-0.05, 0) is 12.1 Å². The van der Waals surface area contributed by atoms with Gasteiger partial charge in [0.2, 0.25) is 0 Å². The number of rotatable bonds is 0. The average molecular weight is 216 g/mol. The first-order valence-electron chi connectivity index (χ1n) is 4.57. The molecular formula is C10H12N6. The third kappa shape index (κ3) is 1.07. The molecule has 6 nitrogen and oxygen atoms in total. The molecule has 1 aromatic carbocycles. The van der Waals surface area contributed by atoms with E-state index >= 15 is 0 Å². The molecule has 0 radical (unpaired) electrons. The standard InChI is InChI=1S/C10H12N6/c11-4-2-1-3-5(7(4)13)8(14)10(16)9(15)6(3)12/h1-2,12,14H,11,13,15-16H2. The summed E-state index contributed by atoms with van der Waals surface area (Å²) >= 11 is 0. The van der Waals surface area contributed by atoms with Gasteiger partial charge in [-0.25, -0.2) is 0 Å². The van der Waals surface area contributed by atoms with Crippen LogP contribution < -0.4 is 22.9 Å². The normalized spacial score (nSPS) is 15.2. The molecule has 0 aromatic heterocycles. The summed E-state index contributed by atoms with van der Waals surface area (Å²) in [6.07, 6.45) is 0. The van der Waals surface area contributed by atoms with E-state index < -0.39 is 0 Å². The van der Waals surface area contributed by atoms with E-state index in [1.54, 1.807) is 12.1 Å². The summed E-state index contributed by atoms with van der Waals surface area (Å²) in [7, 11) is 0. The van der Waals surface area contributed by atoms with Crippen molar-refractivity contribution in [2.24, 2.45) is 11.5 Å². The minimum Gasteiger partial charge on any atom is -0.397 e. The molecular weight excluding hydrogens is 204 g/mol. The first kappa shape index (κ1) is 10.0. The first-order chi connectivity index (χ1) is 7.45. The van der Waals surface area contributed by atoms with Gasteiger partial charge in [-0.1, -0.05) is 0 Å². The summed E-state index contributed by atoms with van der Waals surface area (Å²) < 4.78 is 0. The van der Waals surface area contributed by atoms with Gasteiger partial charge in [-0.15, -0.1) is 0 Å². The predicted molar refractivity (Wildman–Crippen MR) is 64.3 cm³/mol. The molecule has 0 saturated heterocycles. The highest BCUT2D eigenvalue weighted by molar-refractivity contribution is 6.30. The van der Waals surface area contributed by atoms with Crippen molar-refractivity contribution in [1.29, 1.82) is 10.8 Å². The molecule has 0 bridgehead atoms.